The predicted molar refractivity (Wildman–Crippen MR) is 88.6 cm³/mol. The maximum Gasteiger partial charge on any atom is 0.288 e. The highest BCUT2D eigenvalue weighted by atomic mass is 35.5. The molecule has 7 heteroatoms. The molecule has 1 N–H and O–H groups in total. The summed E-state index contributed by atoms with van der Waals surface area (Å²) in [6.07, 6.45) is 0. The summed E-state index contributed by atoms with van der Waals surface area (Å²) in [6.45, 7) is 1.68. The molecule has 0 bridgehead atoms. The summed E-state index contributed by atoms with van der Waals surface area (Å²) >= 11 is 6.37. The second kappa shape index (κ2) is 8.17. The normalized spacial score (nSPS) is 10.7. The van der Waals surface area contributed by atoms with Gasteiger partial charge in [0.25, 0.3) is 11.7 Å². The van der Waals surface area contributed by atoms with Crippen LogP contribution in [0.4, 0.5) is 14.5 Å². The molecule has 0 aromatic heterocycles. The fourth-order valence-corrected chi connectivity index (χ4v) is 2.39. The van der Waals surface area contributed by atoms with Crippen molar-refractivity contribution in [2.24, 2.45) is 0 Å². The Morgan fingerprint density at radius 1 is 1.26 bits per heavy atom. The quantitative estimate of drug-likeness (QED) is 0.741. The van der Waals surface area contributed by atoms with Crippen molar-refractivity contribution in [3.05, 3.63) is 53.1 Å². The van der Waals surface area contributed by atoms with Gasteiger partial charge >= 0.3 is 0 Å². The van der Waals surface area contributed by atoms with Crippen molar-refractivity contribution < 1.29 is 18.3 Å². The number of rotatable bonds is 6. The van der Waals surface area contributed by atoms with E-state index >= 15 is 0 Å². The largest absolute Gasteiger partial charge is 0.484 e. The summed E-state index contributed by atoms with van der Waals surface area (Å²) in [5.74, 6) is -2.26. The minimum Gasteiger partial charge on any atom is -0.484 e. The number of benzene rings is 2. The number of aryl methyl sites for hydroxylation is 1. The molecule has 0 spiro atoms. The van der Waals surface area contributed by atoms with Crippen LogP contribution in [0.2, 0.25) is 5.02 Å². The number of hydrogen-bond donors (Lipinski definition) is 1. The lowest BCUT2D eigenvalue weighted by molar-refractivity contribution is -0.118. The molecule has 2 aromatic carbocycles. The van der Waals surface area contributed by atoms with Crippen LogP contribution in [0.5, 0.6) is 5.75 Å². The van der Waals surface area contributed by atoms with E-state index in [1.165, 1.54) is 12.1 Å². The molecule has 0 heterocycles. The Labute approximate surface area is 142 Å². The minimum atomic E-state index is -2.47. The second-order valence-corrected chi connectivity index (χ2v) is 6.12. The standard InChI is InChI=1S/C16H14ClF2NO2S/c1-10-8-12(4-7-14(10)17)22-9-15(21)20-11-2-5-13(6-3-11)23-16(18)19/h2-8,16H,9H2,1H3,(H,20,21). The third-order valence-electron chi connectivity index (χ3n) is 2.86. The lowest BCUT2D eigenvalue weighted by Gasteiger charge is -2.09. The maximum absolute atomic E-state index is 12.2. The van der Waals surface area contributed by atoms with E-state index in [0.29, 0.717) is 33.1 Å². The number of carbonyl (C=O) groups excluding carboxylic acids is 1. The monoisotopic (exact) mass is 357 g/mol. The summed E-state index contributed by atoms with van der Waals surface area (Å²) in [5, 5.41) is 3.26. The fourth-order valence-electron chi connectivity index (χ4n) is 1.77. The summed E-state index contributed by atoms with van der Waals surface area (Å²) < 4.78 is 29.8. The topological polar surface area (TPSA) is 38.3 Å². The third kappa shape index (κ3) is 5.73. The minimum absolute atomic E-state index is 0.158. The Bertz CT molecular complexity index is 680. The SMILES string of the molecule is Cc1cc(OCC(=O)Nc2ccc(SC(F)F)cc2)ccc1Cl. The molecule has 0 aliphatic carbocycles. The molecular weight excluding hydrogens is 344 g/mol. The smallest absolute Gasteiger partial charge is 0.288 e. The Morgan fingerprint density at radius 3 is 2.57 bits per heavy atom. The van der Waals surface area contributed by atoms with Crippen molar-refractivity contribution in [3.8, 4) is 5.75 Å². The van der Waals surface area contributed by atoms with E-state index in [0.717, 1.165) is 5.56 Å². The molecule has 0 radical (unpaired) electrons. The van der Waals surface area contributed by atoms with Crippen molar-refractivity contribution in [1.82, 2.24) is 0 Å². The van der Waals surface area contributed by atoms with E-state index < -0.39 is 5.76 Å². The maximum atomic E-state index is 12.2. The molecule has 0 aliphatic rings. The Kier molecular flexibility index (Phi) is 6.24. The molecule has 0 atom stereocenters. The van der Waals surface area contributed by atoms with Crippen molar-refractivity contribution in [1.29, 1.82) is 0 Å². The Balaban J connectivity index is 1.85. The first-order valence-corrected chi connectivity index (χ1v) is 7.93. The molecule has 2 rings (SSSR count). The molecule has 0 aliphatic heterocycles. The number of halogens is 3. The number of anilines is 1. The van der Waals surface area contributed by atoms with Gasteiger partial charge < -0.3 is 10.1 Å². The first-order chi connectivity index (χ1) is 10.9. The summed E-state index contributed by atoms with van der Waals surface area (Å²) in [5.41, 5.74) is 1.38. The van der Waals surface area contributed by atoms with Crippen molar-refractivity contribution in [2.45, 2.75) is 17.6 Å². The van der Waals surface area contributed by atoms with E-state index in [9.17, 15) is 13.6 Å². The van der Waals surface area contributed by atoms with Crippen LogP contribution in [0.15, 0.2) is 47.4 Å². The van der Waals surface area contributed by atoms with Gasteiger partial charge in [0.15, 0.2) is 6.61 Å². The number of amides is 1. The average Bonchev–Trinajstić information content (AvgIpc) is 2.50. The van der Waals surface area contributed by atoms with Gasteiger partial charge in [-0.1, -0.05) is 23.4 Å². The zero-order chi connectivity index (χ0) is 16.8. The zero-order valence-corrected chi connectivity index (χ0v) is 13.8. The third-order valence-corrected chi connectivity index (χ3v) is 4.01. The molecule has 1 amide bonds. The van der Waals surface area contributed by atoms with Gasteiger partial charge in [0.05, 0.1) is 0 Å². The van der Waals surface area contributed by atoms with Crippen LogP contribution in [0.25, 0.3) is 0 Å². The lowest BCUT2D eigenvalue weighted by Crippen LogP contribution is -2.20. The number of alkyl halides is 2. The van der Waals surface area contributed by atoms with Gasteiger partial charge in [-0.15, -0.1) is 0 Å². The van der Waals surface area contributed by atoms with Crippen LogP contribution in [-0.2, 0) is 4.79 Å². The summed E-state index contributed by atoms with van der Waals surface area (Å²) in [6, 6.07) is 11.3. The van der Waals surface area contributed by atoms with Crippen molar-refractivity contribution in [2.75, 3.05) is 11.9 Å². The molecule has 23 heavy (non-hydrogen) atoms. The van der Waals surface area contributed by atoms with Gasteiger partial charge in [0, 0.05) is 15.6 Å². The molecule has 0 saturated carbocycles. The van der Waals surface area contributed by atoms with Crippen LogP contribution in [0.3, 0.4) is 0 Å². The summed E-state index contributed by atoms with van der Waals surface area (Å²) in [7, 11) is 0. The first-order valence-electron chi connectivity index (χ1n) is 6.68. The number of nitrogens with one attached hydrogen (secondary N) is 1. The molecular formula is C16H14ClF2NO2S. The van der Waals surface area contributed by atoms with Gasteiger partial charge in [-0.05, 0) is 55.0 Å². The Hall–Kier alpha value is -1.79. The average molecular weight is 358 g/mol. The number of thioether (sulfide) groups is 1. The fraction of sp³-hybridized carbons (Fsp3) is 0.188. The van der Waals surface area contributed by atoms with Crippen LogP contribution < -0.4 is 10.1 Å². The van der Waals surface area contributed by atoms with E-state index in [1.54, 1.807) is 30.3 Å². The zero-order valence-electron chi connectivity index (χ0n) is 12.2. The summed E-state index contributed by atoms with van der Waals surface area (Å²) in [4.78, 5) is 12.2. The second-order valence-electron chi connectivity index (χ2n) is 4.65. The van der Waals surface area contributed by atoms with Crippen LogP contribution >= 0.6 is 23.4 Å². The van der Waals surface area contributed by atoms with E-state index in [1.807, 2.05) is 6.92 Å². The van der Waals surface area contributed by atoms with E-state index in [2.05, 4.69) is 5.32 Å². The molecule has 0 unspecified atom stereocenters. The van der Waals surface area contributed by atoms with Gasteiger partial charge in [0.2, 0.25) is 0 Å². The van der Waals surface area contributed by atoms with Gasteiger partial charge in [-0.2, -0.15) is 8.78 Å². The first kappa shape index (κ1) is 17.6. The molecule has 0 saturated heterocycles. The molecule has 122 valence electrons. The van der Waals surface area contributed by atoms with Crippen molar-refractivity contribution in [3.63, 3.8) is 0 Å². The molecule has 0 fully saturated rings. The number of hydrogen-bond acceptors (Lipinski definition) is 3. The van der Waals surface area contributed by atoms with E-state index in [4.69, 9.17) is 16.3 Å². The highest BCUT2D eigenvalue weighted by molar-refractivity contribution is 7.99. The van der Waals surface area contributed by atoms with Gasteiger partial charge in [0.1, 0.15) is 5.75 Å². The molecule has 2 aromatic rings. The van der Waals surface area contributed by atoms with Gasteiger partial charge in [-0.25, -0.2) is 0 Å². The van der Waals surface area contributed by atoms with Crippen LogP contribution in [-0.4, -0.2) is 18.3 Å². The highest BCUT2D eigenvalue weighted by Crippen LogP contribution is 2.26. The highest BCUT2D eigenvalue weighted by Gasteiger charge is 2.07. The Morgan fingerprint density at radius 2 is 1.96 bits per heavy atom. The predicted octanol–water partition coefficient (Wildman–Crippen LogP) is 4.98. The number of carbonyl (C=O) groups is 1. The van der Waals surface area contributed by atoms with Crippen molar-refractivity contribution >= 4 is 35.0 Å². The van der Waals surface area contributed by atoms with E-state index in [-0.39, 0.29) is 12.5 Å². The van der Waals surface area contributed by atoms with Crippen LogP contribution in [0, 0.1) is 6.92 Å². The van der Waals surface area contributed by atoms with Gasteiger partial charge in [-0.3, -0.25) is 4.79 Å². The van der Waals surface area contributed by atoms with Crippen LogP contribution in [0.1, 0.15) is 5.56 Å². The molecule has 3 nitrogen and oxygen atoms in total. The number of ether oxygens (including phenoxy) is 1. The lowest BCUT2D eigenvalue weighted by atomic mass is 10.2.